The van der Waals surface area contributed by atoms with Crippen molar-refractivity contribution in [3.63, 3.8) is 0 Å². The predicted octanol–water partition coefficient (Wildman–Crippen LogP) is 1.82. The van der Waals surface area contributed by atoms with Crippen LogP contribution in [0.15, 0.2) is 10.5 Å². The first-order chi connectivity index (χ1) is 10.4. The Morgan fingerprint density at radius 1 is 1.41 bits per heavy atom. The van der Waals surface area contributed by atoms with E-state index in [4.69, 9.17) is 9.15 Å². The minimum atomic E-state index is -0.406. The molecule has 0 aromatic carbocycles. The van der Waals surface area contributed by atoms with Crippen LogP contribution in [0.4, 0.5) is 0 Å². The molecule has 1 aromatic heterocycles. The van der Waals surface area contributed by atoms with E-state index in [1.165, 1.54) is 7.11 Å². The third-order valence-electron chi connectivity index (χ3n) is 4.22. The molecule has 6 heteroatoms. The first-order valence-electron chi connectivity index (χ1n) is 7.60. The van der Waals surface area contributed by atoms with Gasteiger partial charge in [0.2, 0.25) is 5.91 Å². The molecule has 1 fully saturated rings. The largest absolute Gasteiger partial charge is 0.465 e. The molecule has 6 nitrogen and oxygen atoms in total. The number of rotatable bonds is 5. The van der Waals surface area contributed by atoms with E-state index in [2.05, 4.69) is 0 Å². The van der Waals surface area contributed by atoms with Crippen molar-refractivity contribution in [1.82, 2.24) is 9.80 Å². The Balaban J connectivity index is 2.00. The molecule has 0 radical (unpaired) electrons. The van der Waals surface area contributed by atoms with Crippen LogP contribution in [0.1, 0.15) is 41.6 Å². The Morgan fingerprint density at radius 3 is 2.64 bits per heavy atom. The van der Waals surface area contributed by atoms with Crippen LogP contribution < -0.4 is 0 Å². The van der Waals surface area contributed by atoms with Gasteiger partial charge in [-0.3, -0.25) is 9.69 Å². The summed E-state index contributed by atoms with van der Waals surface area (Å²) in [5.41, 5.74) is 0.435. The molecule has 122 valence electrons. The summed E-state index contributed by atoms with van der Waals surface area (Å²) in [5, 5.41) is 0. The number of ether oxygens (including phenoxy) is 1. The maximum absolute atomic E-state index is 12.4. The number of aryl methyl sites for hydroxylation is 1. The second kappa shape index (κ2) is 6.96. The minimum Gasteiger partial charge on any atom is -0.465 e. The molecule has 0 N–H and O–H groups in total. The van der Waals surface area contributed by atoms with E-state index < -0.39 is 5.97 Å². The zero-order valence-corrected chi connectivity index (χ0v) is 13.7. The minimum absolute atomic E-state index is 0.150. The van der Waals surface area contributed by atoms with Crippen molar-refractivity contribution in [1.29, 1.82) is 0 Å². The van der Waals surface area contributed by atoms with Gasteiger partial charge >= 0.3 is 5.97 Å². The zero-order valence-electron chi connectivity index (χ0n) is 13.7. The van der Waals surface area contributed by atoms with Crippen LogP contribution in [0.5, 0.6) is 0 Å². The van der Waals surface area contributed by atoms with Crippen LogP contribution in [0.2, 0.25) is 0 Å². The molecule has 1 aliphatic rings. The number of nitrogens with zero attached hydrogens (tertiary/aromatic N) is 2. The maximum Gasteiger partial charge on any atom is 0.341 e. The molecule has 22 heavy (non-hydrogen) atoms. The van der Waals surface area contributed by atoms with Gasteiger partial charge in [0.15, 0.2) is 0 Å². The zero-order chi connectivity index (χ0) is 16.3. The topological polar surface area (TPSA) is 63.0 Å². The van der Waals surface area contributed by atoms with Crippen LogP contribution in [0, 0.1) is 6.92 Å². The SMILES string of the molecule is COC(=O)c1cc(CN(C)C(C)C(=O)N2CCCC2)oc1C. The molecular weight excluding hydrogens is 284 g/mol. The Labute approximate surface area is 131 Å². The van der Waals surface area contributed by atoms with E-state index in [0.29, 0.717) is 23.6 Å². The van der Waals surface area contributed by atoms with Gasteiger partial charge in [-0.1, -0.05) is 0 Å². The van der Waals surface area contributed by atoms with Crippen molar-refractivity contribution in [3.8, 4) is 0 Å². The van der Waals surface area contributed by atoms with E-state index in [0.717, 1.165) is 25.9 Å². The molecule has 1 amide bonds. The summed E-state index contributed by atoms with van der Waals surface area (Å²) in [6.07, 6.45) is 2.17. The summed E-state index contributed by atoms with van der Waals surface area (Å²) in [6, 6.07) is 1.47. The summed E-state index contributed by atoms with van der Waals surface area (Å²) in [5.74, 6) is 0.933. The van der Waals surface area contributed by atoms with E-state index >= 15 is 0 Å². The molecule has 2 rings (SSSR count). The van der Waals surface area contributed by atoms with Crippen molar-refractivity contribution in [3.05, 3.63) is 23.2 Å². The van der Waals surface area contributed by atoms with Gasteiger partial charge in [0.1, 0.15) is 17.1 Å². The highest BCUT2D eigenvalue weighted by molar-refractivity contribution is 5.90. The number of amides is 1. The molecule has 1 aromatic rings. The lowest BCUT2D eigenvalue weighted by Gasteiger charge is -2.27. The number of carbonyl (C=O) groups excluding carboxylic acids is 2. The second-order valence-corrected chi connectivity index (χ2v) is 5.80. The van der Waals surface area contributed by atoms with Crippen LogP contribution in [-0.4, -0.2) is 55.0 Å². The highest BCUT2D eigenvalue weighted by Gasteiger charge is 2.26. The van der Waals surface area contributed by atoms with Gasteiger partial charge in [-0.15, -0.1) is 0 Å². The lowest BCUT2D eigenvalue weighted by molar-refractivity contribution is -0.135. The van der Waals surface area contributed by atoms with Crippen LogP contribution >= 0.6 is 0 Å². The normalized spacial score (nSPS) is 16.1. The van der Waals surface area contributed by atoms with E-state index in [-0.39, 0.29) is 11.9 Å². The van der Waals surface area contributed by atoms with Crippen LogP contribution in [0.3, 0.4) is 0 Å². The lowest BCUT2D eigenvalue weighted by Crippen LogP contribution is -2.44. The molecule has 0 saturated carbocycles. The number of methoxy groups -OCH3 is 1. The summed E-state index contributed by atoms with van der Waals surface area (Å²) in [6.45, 7) is 5.80. The summed E-state index contributed by atoms with van der Waals surface area (Å²) in [7, 11) is 3.23. The fraction of sp³-hybridized carbons (Fsp3) is 0.625. The second-order valence-electron chi connectivity index (χ2n) is 5.80. The van der Waals surface area contributed by atoms with Crippen LogP contribution in [0.25, 0.3) is 0 Å². The van der Waals surface area contributed by atoms with Crippen molar-refractivity contribution in [2.24, 2.45) is 0 Å². The Kier molecular flexibility index (Phi) is 5.24. The summed E-state index contributed by atoms with van der Waals surface area (Å²) >= 11 is 0. The first kappa shape index (κ1) is 16.5. The van der Waals surface area contributed by atoms with E-state index in [1.807, 2.05) is 23.8 Å². The lowest BCUT2D eigenvalue weighted by atomic mass is 10.2. The number of carbonyl (C=O) groups is 2. The fourth-order valence-corrected chi connectivity index (χ4v) is 2.71. The molecule has 0 aliphatic carbocycles. The smallest absolute Gasteiger partial charge is 0.341 e. The monoisotopic (exact) mass is 308 g/mol. The molecule has 0 spiro atoms. The molecule has 1 atom stereocenters. The van der Waals surface area contributed by atoms with Crippen molar-refractivity contribution in [2.75, 3.05) is 27.2 Å². The van der Waals surface area contributed by atoms with Gasteiger partial charge in [-0.25, -0.2) is 4.79 Å². The highest BCUT2D eigenvalue weighted by Crippen LogP contribution is 2.18. The number of likely N-dealkylation sites (N-methyl/N-ethyl adjacent to an activating group) is 1. The van der Waals surface area contributed by atoms with Gasteiger partial charge < -0.3 is 14.1 Å². The number of hydrogen-bond donors (Lipinski definition) is 0. The van der Waals surface area contributed by atoms with E-state index in [9.17, 15) is 9.59 Å². The molecule has 2 heterocycles. The molecule has 0 bridgehead atoms. The van der Waals surface area contributed by atoms with Gasteiger partial charge in [-0.05, 0) is 39.8 Å². The van der Waals surface area contributed by atoms with Gasteiger partial charge in [-0.2, -0.15) is 0 Å². The van der Waals surface area contributed by atoms with Gasteiger partial charge in [0.25, 0.3) is 0 Å². The quantitative estimate of drug-likeness (QED) is 0.776. The third-order valence-corrected chi connectivity index (χ3v) is 4.22. The van der Waals surface area contributed by atoms with Crippen LogP contribution in [-0.2, 0) is 16.1 Å². The van der Waals surface area contributed by atoms with Gasteiger partial charge in [0.05, 0.1) is 19.7 Å². The maximum atomic E-state index is 12.4. The number of furan rings is 1. The van der Waals surface area contributed by atoms with Crippen molar-refractivity contribution in [2.45, 2.75) is 39.3 Å². The highest BCUT2D eigenvalue weighted by atomic mass is 16.5. The molecule has 1 saturated heterocycles. The standard InChI is InChI=1S/C16H24N2O4/c1-11(15(19)18-7-5-6-8-18)17(3)10-13-9-14(12(2)22-13)16(20)21-4/h9,11H,5-8,10H2,1-4H3. The first-order valence-corrected chi connectivity index (χ1v) is 7.60. The molecular formula is C16H24N2O4. The van der Waals surface area contributed by atoms with Crippen molar-refractivity contribution >= 4 is 11.9 Å². The third kappa shape index (κ3) is 3.50. The van der Waals surface area contributed by atoms with Gasteiger partial charge in [0, 0.05) is 13.1 Å². The molecule has 1 aliphatic heterocycles. The number of esters is 1. The fourth-order valence-electron chi connectivity index (χ4n) is 2.71. The summed E-state index contributed by atoms with van der Waals surface area (Å²) < 4.78 is 10.3. The van der Waals surface area contributed by atoms with Crippen molar-refractivity contribution < 1.29 is 18.7 Å². The predicted molar refractivity (Wildman–Crippen MR) is 81.5 cm³/mol. The Bertz CT molecular complexity index is 546. The average Bonchev–Trinajstić information content (AvgIpc) is 3.14. The molecule has 1 unspecified atom stereocenters. The Morgan fingerprint density at radius 2 is 2.05 bits per heavy atom. The number of likely N-dealkylation sites (tertiary alicyclic amines) is 1. The van der Waals surface area contributed by atoms with E-state index in [1.54, 1.807) is 13.0 Å². The average molecular weight is 308 g/mol. The number of hydrogen-bond acceptors (Lipinski definition) is 5. The summed E-state index contributed by atoms with van der Waals surface area (Å²) in [4.78, 5) is 27.8. The Hall–Kier alpha value is -1.82.